The van der Waals surface area contributed by atoms with Crippen LogP contribution in [0, 0.1) is 6.92 Å². The van der Waals surface area contributed by atoms with Gasteiger partial charge in [0.25, 0.3) is 0 Å². The first-order chi connectivity index (χ1) is 6.61. The zero-order valence-electron chi connectivity index (χ0n) is 7.33. The van der Waals surface area contributed by atoms with Crippen molar-refractivity contribution in [1.82, 2.24) is 0 Å². The predicted octanol–water partition coefficient (Wildman–Crippen LogP) is 2.08. The third-order valence-electron chi connectivity index (χ3n) is 2.02. The Balaban J connectivity index is 2.68. The number of benzene rings is 1. The summed E-state index contributed by atoms with van der Waals surface area (Å²) in [7, 11) is 0. The number of carbonyl (C=O) groups is 1. The van der Waals surface area contributed by atoms with Crippen molar-refractivity contribution in [3.05, 3.63) is 22.2 Å². The van der Waals surface area contributed by atoms with Crippen molar-refractivity contribution >= 4 is 17.6 Å². The molecule has 14 heavy (non-hydrogen) atoms. The molecule has 0 spiro atoms. The Morgan fingerprint density at radius 2 is 2.29 bits per heavy atom. The monoisotopic (exact) mass is 214 g/mol. The van der Waals surface area contributed by atoms with Crippen LogP contribution >= 0.6 is 11.6 Å². The number of aromatic carboxylic acids is 1. The van der Waals surface area contributed by atoms with Gasteiger partial charge in [0.2, 0.25) is 6.79 Å². The number of fused-ring (bicyclic) bond motifs is 1. The topological polar surface area (TPSA) is 55.8 Å². The molecule has 0 radical (unpaired) electrons. The summed E-state index contributed by atoms with van der Waals surface area (Å²) in [6, 6.07) is 1.61. The molecule has 4 nitrogen and oxygen atoms in total. The first-order valence-corrected chi connectivity index (χ1v) is 4.31. The fourth-order valence-electron chi connectivity index (χ4n) is 1.39. The molecule has 74 valence electrons. The van der Waals surface area contributed by atoms with Gasteiger partial charge in [0.05, 0.1) is 5.56 Å². The Kier molecular flexibility index (Phi) is 2.00. The van der Waals surface area contributed by atoms with Crippen molar-refractivity contribution in [2.45, 2.75) is 6.92 Å². The van der Waals surface area contributed by atoms with Crippen LogP contribution in [0.2, 0.25) is 5.02 Å². The minimum Gasteiger partial charge on any atom is -0.478 e. The molecule has 1 aromatic rings. The maximum absolute atomic E-state index is 10.9. The summed E-state index contributed by atoms with van der Waals surface area (Å²) >= 11 is 5.87. The van der Waals surface area contributed by atoms with E-state index in [9.17, 15) is 4.79 Å². The van der Waals surface area contributed by atoms with E-state index in [1.807, 2.05) is 0 Å². The lowest BCUT2D eigenvalue weighted by Crippen LogP contribution is -2.01. The molecule has 0 saturated carbocycles. The first-order valence-electron chi connectivity index (χ1n) is 3.93. The van der Waals surface area contributed by atoms with Crippen molar-refractivity contribution in [2.75, 3.05) is 6.79 Å². The Labute approximate surface area is 85.0 Å². The average molecular weight is 215 g/mol. The van der Waals surface area contributed by atoms with Crippen LogP contribution < -0.4 is 9.47 Å². The molecule has 0 aliphatic carbocycles. The maximum atomic E-state index is 10.9. The molecule has 0 unspecified atom stereocenters. The van der Waals surface area contributed by atoms with Crippen molar-refractivity contribution in [1.29, 1.82) is 0 Å². The Bertz CT molecular complexity index is 414. The van der Waals surface area contributed by atoms with Crippen LogP contribution in [0.3, 0.4) is 0 Å². The average Bonchev–Trinajstić information content (AvgIpc) is 2.50. The van der Waals surface area contributed by atoms with E-state index in [2.05, 4.69) is 0 Å². The van der Waals surface area contributed by atoms with Gasteiger partial charge in [-0.3, -0.25) is 0 Å². The lowest BCUT2D eigenvalue weighted by molar-refractivity contribution is 0.0696. The zero-order valence-corrected chi connectivity index (χ0v) is 8.09. The van der Waals surface area contributed by atoms with Crippen LogP contribution in [0.1, 0.15) is 15.9 Å². The summed E-state index contributed by atoms with van der Waals surface area (Å²) in [6.45, 7) is 1.74. The summed E-state index contributed by atoms with van der Waals surface area (Å²) in [5.74, 6) is -0.252. The number of carboxylic acids is 1. The van der Waals surface area contributed by atoms with Crippen LogP contribution in [-0.4, -0.2) is 17.9 Å². The van der Waals surface area contributed by atoms with E-state index in [1.54, 1.807) is 13.0 Å². The molecule has 5 heteroatoms. The number of rotatable bonds is 1. The van der Waals surface area contributed by atoms with Gasteiger partial charge >= 0.3 is 5.97 Å². The van der Waals surface area contributed by atoms with Gasteiger partial charge in [-0.05, 0) is 18.6 Å². The fraction of sp³-hybridized carbons (Fsp3) is 0.222. The molecular formula is C9H7ClO4. The largest absolute Gasteiger partial charge is 0.478 e. The molecule has 0 amide bonds. The summed E-state index contributed by atoms with van der Waals surface area (Å²) in [4.78, 5) is 10.9. The zero-order chi connectivity index (χ0) is 10.3. The Morgan fingerprint density at radius 1 is 1.57 bits per heavy atom. The van der Waals surface area contributed by atoms with Crippen molar-refractivity contribution in [3.63, 3.8) is 0 Å². The van der Waals surface area contributed by atoms with Crippen LogP contribution in [0.25, 0.3) is 0 Å². The molecule has 1 N–H and O–H groups in total. The highest BCUT2D eigenvalue weighted by Crippen LogP contribution is 2.42. The van der Waals surface area contributed by atoms with Crippen molar-refractivity contribution in [3.8, 4) is 11.5 Å². The fourth-order valence-corrected chi connectivity index (χ4v) is 1.76. The van der Waals surface area contributed by atoms with Gasteiger partial charge in [0.15, 0.2) is 11.5 Å². The number of hydrogen-bond acceptors (Lipinski definition) is 3. The van der Waals surface area contributed by atoms with Gasteiger partial charge in [-0.2, -0.15) is 0 Å². The second-order valence-electron chi connectivity index (χ2n) is 2.92. The smallest absolute Gasteiger partial charge is 0.337 e. The highest BCUT2D eigenvalue weighted by atomic mass is 35.5. The standard InChI is InChI=1S/C9H7ClO4/c1-4-2-5-8(14-3-13-5)7(10)6(4)9(11)12/h2H,3H2,1H3,(H,11,12). The number of ether oxygens (including phenoxy) is 2. The van der Waals surface area contributed by atoms with Gasteiger partial charge in [-0.1, -0.05) is 11.6 Å². The molecule has 1 heterocycles. The van der Waals surface area contributed by atoms with Gasteiger partial charge in [-0.15, -0.1) is 0 Å². The SMILES string of the molecule is Cc1cc2c(c(Cl)c1C(=O)O)OCO2. The molecule has 2 rings (SSSR count). The molecule has 1 aliphatic rings. The normalized spacial score (nSPS) is 13.0. The minimum absolute atomic E-state index is 0.0657. The van der Waals surface area contributed by atoms with Crippen LogP contribution in [0.15, 0.2) is 6.07 Å². The van der Waals surface area contributed by atoms with Gasteiger partial charge < -0.3 is 14.6 Å². The molecule has 1 aliphatic heterocycles. The van der Waals surface area contributed by atoms with Crippen LogP contribution in [0.4, 0.5) is 0 Å². The number of hydrogen-bond donors (Lipinski definition) is 1. The third-order valence-corrected chi connectivity index (χ3v) is 2.38. The molecule has 0 atom stereocenters. The van der Waals surface area contributed by atoms with Crippen LogP contribution in [-0.2, 0) is 0 Å². The van der Waals surface area contributed by atoms with E-state index in [1.165, 1.54) is 0 Å². The van der Waals surface area contributed by atoms with E-state index in [-0.39, 0.29) is 17.4 Å². The van der Waals surface area contributed by atoms with Gasteiger partial charge in [0, 0.05) is 0 Å². The summed E-state index contributed by atoms with van der Waals surface area (Å²) in [5, 5.41) is 9.00. The first kappa shape index (κ1) is 9.15. The molecule has 0 bridgehead atoms. The molecule has 0 saturated heterocycles. The predicted molar refractivity (Wildman–Crippen MR) is 49.3 cm³/mol. The van der Waals surface area contributed by atoms with Gasteiger partial charge in [-0.25, -0.2) is 4.79 Å². The minimum atomic E-state index is -1.06. The molecular weight excluding hydrogens is 208 g/mol. The van der Waals surface area contributed by atoms with Gasteiger partial charge in [0.1, 0.15) is 5.02 Å². The molecule has 0 fully saturated rings. The van der Waals surface area contributed by atoms with Crippen molar-refractivity contribution < 1.29 is 19.4 Å². The quantitative estimate of drug-likeness (QED) is 0.778. The summed E-state index contributed by atoms with van der Waals surface area (Å²) < 4.78 is 10.2. The molecule has 0 aromatic heterocycles. The second kappa shape index (κ2) is 3.06. The number of carboxylic acid groups (broad SMARTS) is 1. The number of halogens is 1. The molecule has 1 aromatic carbocycles. The van der Waals surface area contributed by atoms with E-state index < -0.39 is 5.97 Å². The highest BCUT2D eigenvalue weighted by molar-refractivity contribution is 6.35. The number of aryl methyl sites for hydroxylation is 1. The lowest BCUT2D eigenvalue weighted by Gasteiger charge is -2.06. The lowest BCUT2D eigenvalue weighted by atomic mass is 10.1. The third kappa shape index (κ3) is 1.19. The maximum Gasteiger partial charge on any atom is 0.337 e. The van der Waals surface area contributed by atoms with Crippen molar-refractivity contribution in [2.24, 2.45) is 0 Å². The highest BCUT2D eigenvalue weighted by Gasteiger charge is 2.24. The van der Waals surface area contributed by atoms with E-state index in [0.717, 1.165) is 0 Å². The van der Waals surface area contributed by atoms with E-state index in [0.29, 0.717) is 17.1 Å². The Morgan fingerprint density at radius 3 is 2.93 bits per heavy atom. The van der Waals surface area contributed by atoms with E-state index >= 15 is 0 Å². The summed E-state index contributed by atoms with van der Waals surface area (Å²) in [6.07, 6.45) is 0. The summed E-state index contributed by atoms with van der Waals surface area (Å²) in [5.41, 5.74) is 0.627. The second-order valence-corrected chi connectivity index (χ2v) is 3.30. The van der Waals surface area contributed by atoms with E-state index in [4.69, 9.17) is 26.2 Å². The van der Waals surface area contributed by atoms with Crippen LogP contribution in [0.5, 0.6) is 11.5 Å². The Hall–Kier alpha value is -1.42.